The summed E-state index contributed by atoms with van der Waals surface area (Å²) in [7, 11) is 0. The quantitative estimate of drug-likeness (QED) is 0.656. The second-order valence-corrected chi connectivity index (χ2v) is 4.95. The molecule has 0 heterocycles. The van der Waals surface area contributed by atoms with Crippen molar-refractivity contribution in [1.82, 2.24) is 5.32 Å². The Balaban J connectivity index is 2.13. The fourth-order valence-electron chi connectivity index (χ4n) is 1.76. The predicted molar refractivity (Wildman–Crippen MR) is 59.5 cm³/mol. The first-order valence-electron chi connectivity index (χ1n) is 5.12. The van der Waals surface area contributed by atoms with Crippen LogP contribution in [0.15, 0.2) is 16.6 Å². The molecule has 1 aliphatic carbocycles. The van der Waals surface area contributed by atoms with E-state index in [0.717, 1.165) is 12.1 Å². The first-order valence-corrected chi connectivity index (χ1v) is 5.91. The van der Waals surface area contributed by atoms with E-state index < -0.39 is 47.9 Å². The Morgan fingerprint density at radius 2 is 1.83 bits per heavy atom. The third kappa shape index (κ3) is 2.50. The molecule has 0 aromatic heterocycles. The molecule has 1 fully saturated rings. The van der Waals surface area contributed by atoms with Gasteiger partial charge in [0.15, 0.2) is 0 Å². The van der Waals surface area contributed by atoms with Crippen molar-refractivity contribution in [3.8, 4) is 0 Å². The van der Waals surface area contributed by atoms with Gasteiger partial charge in [0, 0.05) is 18.9 Å². The number of halogens is 5. The van der Waals surface area contributed by atoms with Crippen molar-refractivity contribution in [2.45, 2.75) is 24.8 Å². The predicted octanol–water partition coefficient (Wildman–Crippen LogP) is 3.25. The monoisotopic (exact) mass is 325 g/mol. The largest absolute Gasteiger partial charge is 0.349 e. The summed E-state index contributed by atoms with van der Waals surface area (Å²) in [6.45, 7) is 0. The topological polar surface area (TPSA) is 29.1 Å². The minimum absolute atomic E-state index is 0.314. The van der Waals surface area contributed by atoms with E-state index in [0.29, 0.717) is 0 Å². The molecule has 7 heteroatoms. The van der Waals surface area contributed by atoms with Crippen LogP contribution in [0.4, 0.5) is 17.6 Å². The smallest absolute Gasteiger partial charge is 0.255 e. The van der Waals surface area contributed by atoms with E-state index in [1.807, 2.05) is 0 Å². The molecule has 0 saturated heterocycles. The molecule has 1 amide bonds. The van der Waals surface area contributed by atoms with Crippen molar-refractivity contribution < 1.29 is 22.4 Å². The SMILES string of the molecule is O=C(NC1CC(F)(F)C1)c1c(F)ccc(F)c1Br. The normalized spacial score (nSPS) is 18.3. The van der Waals surface area contributed by atoms with Crippen LogP contribution in [-0.2, 0) is 0 Å². The Morgan fingerprint density at radius 3 is 2.39 bits per heavy atom. The van der Waals surface area contributed by atoms with Crippen molar-refractivity contribution in [3.05, 3.63) is 33.8 Å². The van der Waals surface area contributed by atoms with Crippen LogP contribution >= 0.6 is 15.9 Å². The Bertz CT molecular complexity index is 498. The van der Waals surface area contributed by atoms with Crippen molar-refractivity contribution in [2.75, 3.05) is 0 Å². The van der Waals surface area contributed by atoms with Crippen LogP contribution in [0.2, 0.25) is 0 Å². The number of hydrogen-bond acceptors (Lipinski definition) is 1. The molecular weight excluding hydrogens is 318 g/mol. The van der Waals surface area contributed by atoms with Crippen LogP contribution in [0.1, 0.15) is 23.2 Å². The van der Waals surface area contributed by atoms with E-state index in [1.165, 1.54) is 0 Å². The number of hydrogen-bond donors (Lipinski definition) is 1. The zero-order valence-electron chi connectivity index (χ0n) is 8.94. The summed E-state index contributed by atoms with van der Waals surface area (Å²) in [4.78, 5) is 11.7. The summed E-state index contributed by atoms with van der Waals surface area (Å²) < 4.78 is 51.4. The molecule has 18 heavy (non-hydrogen) atoms. The summed E-state index contributed by atoms with van der Waals surface area (Å²) >= 11 is 2.76. The highest BCUT2D eigenvalue weighted by Crippen LogP contribution is 2.37. The Kier molecular flexibility index (Phi) is 3.35. The van der Waals surface area contributed by atoms with Crippen LogP contribution in [0.5, 0.6) is 0 Å². The van der Waals surface area contributed by atoms with Crippen LogP contribution in [0.3, 0.4) is 0 Å². The van der Waals surface area contributed by atoms with Crippen molar-refractivity contribution in [1.29, 1.82) is 0 Å². The van der Waals surface area contributed by atoms with E-state index in [-0.39, 0.29) is 4.47 Å². The summed E-state index contributed by atoms with van der Waals surface area (Å²) in [6.07, 6.45) is -0.958. The zero-order valence-corrected chi connectivity index (χ0v) is 10.5. The number of rotatable bonds is 2. The van der Waals surface area contributed by atoms with Gasteiger partial charge >= 0.3 is 0 Å². The van der Waals surface area contributed by atoms with E-state index >= 15 is 0 Å². The lowest BCUT2D eigenvalue weighted by Gasteiger charge is -2.35. The second-order valence-electron chi connectivity index (χ2n) is 4.15. The lowest BCUT2D eigenvalue weighted by molar-refractivity contribution is -0.0901. The zero-order chi connectivity index (χ0) is 13.5. The number of carbonyl (C=O) groups excluding carboxylic acids is 1. The van der Waals surface area contributed by atoms with Gasteiger partial charge in [0.2, 0.25) is 0 Å². The molecule has 1 aliphatic rings. The molecule has 0 unspecified atom stereocenters. The molecule has 0 aliphatic heterocycles. The highest BCUT2D eigenvalue weighted by molar-refractivity contribution is 9.10. The fourth-order valence-corrected chi connectivity index (χ4v) is 2.26. The first kappa shape index (κ1) is 13.3. The van der Waals surface area contributed by atoms with E-state index in [4.69, 9.17) is 0 Å². The van der Waals surface area contributed by atoms with Crippen LogP contribution in [-0.4, -0.2) is 17.9 Å². The highest BCUT2D eigenvalue weighted by Gasteiger charge is 2.46. The maximum Gasteiger partial charge on any atom is 0.255 e. The van der Waals surface area contributed by atoms with E-state index in [9.17, 15) is 22.4 Å². The third-order valence-corrected chi connectivity index (χ3v) is 3.47. The van der Waals surface area contributed by atoms with Gasteiger partial charge in [0.1, 0.15) is 11.6 Å². The molecule has 2 rings (SSSR count). The number of alkyl halides is 2. The van der Waals surface area contributed by atoms with Gasteiger partial charge in [0.25, 0.3) is 11.8 Å². The number of benzene rings is 1. The van der Waals surface area contributed by atoms with E-state index in [1.54, 1.807) is 0 Å². The molecule has 1 N–H and O–H groups in total. The molecule has 0 spiro atoms. The molecular formula is C11H8BrF4NO. The maximum absolute atomic E-state index is 13.4. The van der Waals surface area contributed by atoms with Crippen LogP contribution in [0, 0.1) is 11.6 Å². The third-order valence-electron chi connectivity index (χ3n) is 2.70. The van der Waals surface area contributed by atoms with Crippen molar-refractivity contribution >= 4 is 21.8 Å². The van der Waals surface area contributed by atoms with Gasteiger partial charge in [-0.05, 0) is 28.1 Å². The molecule has 0 radical (unpaired) electrons. The Morgan fingerprint density at radius 1 is 1.28 bits per heavy atom. The van der Waals surface area contributed by atoms with Gasteiger partial charge in [-0.15, -0.1) is 0 Å². The average molecular weight is 326 g/mol. The van der Waals surface area contributed by atoms with Gasteiger partial charge < -0.3 is 5.32 Å². The van der Waals surface area contributed by atoms with E-state index in [2.05, 4.69) is 21.2 Å². The highest BCUT2D eigenvalue weighted by atomic mass is 79.9. The minimum Gasteiger partial charge on any atom is -0.349 e. The van der Waals surface area contributed by atoms with Crippen molar-refractivity contribution in [2.24, 2.45) is 0 Å². The summed E-state index contributed by atoms with van der Waals surface area (Å²) in [6, 6.07) is 0.972. The number of amides is 1. The fraction of sp³-hybridized carbons (Fsp3) is 0.364. The van der Waals surface area contributed by atoms with Gasteiger partial charge in [-0.2, -0.15) is 0 Å². The number of nitrogens with one attached hydrogen (secondary N) is 1. The molecule has 2 nitrogen and oxygen atoms in total. The molecule has 98 valence electrons. The summed E-state index contributed by atoms with van der Waals surface area (Å²) in [5, 5.41) is 2.24. The molecule has 1 aromatic rings. The standard InChI is InChI=1S/C11H8BrF4NO/c12-9-7(14)2-1-6(13)8(9)10(18)17-5-3-11(15,16)4-5/h1-2,5H,3-4H2,(H,17,18). The first-order chi connectivity index (χ1) is 8.30. The van der Waals surface area contributed by atoms with Gasteiger partial charge in [-0.3, -0.25) is 4.79 Å². The molecule has 0 atom stereocenters. The lowest BCUT2D eigenvalue weighted by Crippen LogP contribution is -2.50. The maximum atomic E-state index is 13.4. The molecule has 1 aromatic carbocycles. The second kappa shape index (κ2) is 4.53. The Hall–Kier alpha value is -1.11. The van der Waals surface area contributed by atoms with Gasteiger partial charge in [-0.25, -0.2) is 17.6 Å². The lowest BCUT2D eigenvalue weighted by atomic mass is 9.88. The summed E-state index contributed by atoms with van der Waals surface area (Å²) in [5.41, 5.74) is -0.509. The Labute approximate surface area is 108 Å². The number of carbonyl (C=O) groups is 1. The van der Waals surface area contributed by atoms with Crippen molar-refractivity contribution in [3.63, 3.8) is 0 Å². The minimum atomic E-state index is -2.78. The van der Waals surface area contributed by atoms with Crippen LogP contribution in [0.25, 0.3) is 0 Å². The van der Waals surface area contributed by atoms with Crippen LogP contribution < -0.4 is 5.32 Å². The van der Waals surface area contributed by atoms with Gasteiger partial charge in [-0.1, -0.05) is 0 Å². The average Bonchev–Trinajstić information content (AvgIpc) is 2.21. The summed E-state index contributed by atoms with van der Waals surface area (Å²) in [5.74, 6) is -5.39. The molecule has 0 bridgehead atoms. The van der Waals surface area contributed by atoms with Gasteiger partial charge in [0.05, 0.1) is 10.0 Å². The molecule has 1 saturated carbocycles.